The van der Waals surface area contributed by atoms with Gasteiger partial charge in [-0.15, -0.1) is 0 Å². The van der Waals surface area contributed by atoms with Crippen LogP contribution in [0.5, 0.6) is 5.75 Å². The average molecular weight is 302 g/mol. The zero-order chi connectivity index (χ0) is 15.9. The highest BCUT2D eigenvalue weighted by Gasteiger charge is 2.18. The summed E-state index contributed by atoms with van der Waals surface area (Å²) in [6, 6.07) is 7.02. The average Bonchev–Trinajstić information content (AvgIpc) is 2.43. The number of nitrogens with one attached hydrogen (secondary N) is 1. The summed E-state index contributed by atoms with van der Waals surface area (Å²) in [5.74, 6) is 0.904. The Morgan fingerprint density at radius 1 is 1.45 bits per heavy atom. The fraction of sp³-hybridized carbons (Fsp3) is 0.529. The standard InChI is InChI=1S/C17H22N2O3/c1-12(2)22-16-8-14(9-18)6-7-15(16)19-17(20)11-21-10-13-4-3-5-13/h6-8,12-13H,3-5,10-11H2,1-2H3,(H,19,20). The van der Waals surface area contributed by atoms with Crippen molar-refractivity contribution in [3.8, 4) is 11.8 Å². The van der Waals surface area contributed by atoms with Gasteiger partial charge in [-0.1, -0.05) is 6.42 Å². The van der Waals surface area contributed by atoms with Gasteiger partial charge in [0.2, 0.25) is 5.91 Å². The van der Waals surface area contributed by atoms with Crippen molar-refractivity contribution in [1.29, 1.82) is 5.26 Å². The maximum absolute atomic E-state index is 11.9. The van der Waals surface area contributed by atoms with Crippen LogP contribution in [0.3, 0.4) is 0 Å². The first kappa shape index (κ1) is 16.3. The van der Waals surface area contributed by atoms with E-state index in [9.17, 15) is 4.79 Å². The second-order valence-electron chi connectivity index (χ2n) is 5.85. The Labute approximate surface area is 131 Å². The molecule has 5 nitrogen and oxygen atoms in total. The van der Waals surface area contributed by atoms with Crippen LogP contribution in [0.15, 0.2) is 18.2 Å². The molecule has 1 N–H and O–H groups in total. The summed E-state index contributed by atoms with van der Waals surface area (Å²) in [4.78, 5) is 11.9. The van der Waals surface area contributed by atoms with Gasteiger partial charge in [-0.2, -0.15) is 5.26 Å². The van der Waals surface area contributed by atoms with Crippen LogP contribution in [-0.2, 0) is 9.53 Å². The molecular formula is C17H22N2O3. The van der Waals surface area contributed by atoms with Crippen molar-refractivity contribution in [1.82, 2.24) is 0 Å². The fourth-order valence-corrected chi connectivity index (χ4v) is 2.21. The van der Waals surface area contributed by atoms with E-state index in [2.05, 4.69) is 11.4 Å². The Kier molecular flexibility index (Phi) is 5.79. The van der Waals surface area contributed by atoms with Crippen molar-refractivity contribution in [2.24, 2.45) is 5.92 Å². The van der Waals surface area contributed by atoms with Gasteiger partial charge in [0.15, 0.2) is 0 Å². The predicted octanol–water partition coefficient (Wildman–Crippen LogP) is 3.10. The molecule has 1 aromatic carbocycles. The Hall–Kier alpha value is -2.06. The highest BCUT2D eigenvalue weighted by molar-refractivity contribution is 5.93. The third-order valence-corrected chi connectivity index (χ3v) is 3.56. The first-order valence-electron chi connectivity index (χ1n) is 7.67. The van der Waals surface area contributed by atoms with Gasteiger partial charge >= 0.3 is 0 Å². The highest BCUT2D eigenvalue weighted by Crippen LogP contribution is 2.27. The molecule has 1 fully saturated rings. The number of rotatable bonds is 7. The van der Waals surface area contributed by atoms with Crippen molar-refractivity contribution < 1.29 is 14.3 Å². The molecule has 1 aliphatic rings. The minimum absolute atomic E-state index is 0.0393. The van der Waals surface area contributed by atoms with E-state index in [0.717, 1.165) is 0 Å². The van der Waals surface area contributed by atoms with Crippen molar-refractivity contribution in [3.63, 3.8) is 0 Å². The zero-order valence-corrected chi connectivity index (χ0v) is 13.1. The molecule has 22 heavy (non-hydrogen) atoms. The van der Waals surface area contributed by atoms with Gasteiger partial charge in [0, 0.05) is 6.07 Å². The molecule has 1 amide bonds. The molecule has 0 bridgehead atoms. The molecule has 118 valence electrons. The lowest BCUT2D eigenvalue weighted by Gasteiger charge is -2.24. The summed E-state index contributed by atoms with van der Waals surface area (Å²) in [6.45, 7) is 4.48. The number of nitrogens with zero attached hydrogens (tertiary/aromatic N) is 1. The van der Waals surface area contributed by atoms with E-state index in [-0.39, 0.29) is 18.6 Å². The normalized spacial score (nSPS) is 14.3. The maximum atomic E-state index is 11.9. The van der Waals surface area contributed by atoms with Gasteiger partial charge in [0.25, 0.3) is 0 Å². The molecule has 0 spiro atoms. The summed E-state index contributed by atoms with van der Waals surface area (Å²) in [7, 11) is 0. The molecule has 1 aromatic rings. The van der Waals surface area contributed by atoms with Crippen molar-refractivity contribution in [2.45, 2.75) is 39.2 Å². The molecule has 0 radical (unpaired) electrons. The van der Waals surface area contributed by atoms with Gasteiger partial charge in [0.1, 0.15) is 12.4 Å². The first-order valence-corrected chi connectivity index (χ1v) is 7.67. The van der Waals surface area contributed by atoms with Crippen LogP contribution < -0.4 is 10.1 Å². The highest BCUT2D eigenvalue weighted by atomic mass is 16.5. The number of hydrogen-bond donors (Lipinski definition) is 1. The van der Waals surface area contributed by atoms with Crippen LogP contribution in [0.2, 0.25) is 0 Å². The molecule has 0 heterocycles. The predicted molar refractivity (Wildman–Crippen MR) is 83.7 cm³/mol. The summed E-state index contributed by atoms with van der Waals surface area (Å²) < 4.78 is 11.1. The summed E-state index contributed by atoms with van der Waals surface area (Å²) in [5, 5.41) is 11.7. The smallest absolute Gasteiger partial charge is 0.250 e. The summed E-state index contributed by atoms with van der Waals surface area (Å²) in [6.07, 6.45) is 3.62. The Balaban J connectivity index is 1.91. The van der Waals surface area contributed by atoms with Crippen LogP contribution >= 0.6 is 0 Å². The number of hydrogen-bond acceptors (Lipinski definition) is 4. The van der Waals surface area contributed by atoms with E-state index >= 15 is 0 Å². The number of anilines is 1. The van der Waals surface area contributed by atoms with Crippen molar-refractivity contribution >= 4 is 11.6 Å². The number of ether oxygens (including phenoxy) is 2. The fourth-order valence-electron chi connectivity index (χ4n) is 2.21. The largest absolute Gasteiger partial charge is 0.489 e. The number of carbonyl (C=O) groups is 1. The van der Waals surface area contributed by atoms with E-state index in [1.165, 1.54) is 19.3 Å². The van der Waals surface area contributed by atoms with Crippen LogP contribution in [0, 0.1) is 17.2 Å². The molecular weight excluding hydrogens is 280 g/mol. The second-order valence-corrected chi connectivity index (χ2v) is 5.85. The molecule has 0 aliphatic heterocycles. The molecule has 1 aliphatic carbocycles. The van der Waals surface area contributed by atoms with Gasteiger partial charge in [-0.05, 0) is 44.7 Å². The van der Waals surface area contributed by atoms with Crippen molar-refractivity contribution in [2.75, 3.05) is 18.5 Å². The summed E-state index contributed by atoms with van der Waals surface area (Å²) in [5.41, 5.74) is 1.06. The molecule has 1 saturated carbocycles. The second kappa shape index (κ2) is 7.81. The lowest BCUT2D eigenvalue weighted by molar-refractivity contribution is -0.121. The number of nitriles is 1. The number of amides is 1. The minimum Gasteiger partial charge on any atom is -0.489 e. The lowest BCUT2D eigenvalue weighted by Crippen LogP contribution is -2.23. The molecule has 0 unspecified atom stereocenters. The Bertz CT molecular complexity index is 560. The summed E-state index contributed by atoms with van der Waals surface area (Å²) >= 11 is 0. The zero-order valence-electron chi connectivity index (χ0n) is 13.1. The van der Waals surface area contributed by atoms with Crippen LogP contribution in [0.25, 0.3) is 0 Å². The van der Waals surface area contributed by atoms with E-state index in [1.54, 1.807) is 18.2 Å². The number of benzene rings is 1. The topological polar surface area (TPSA) is 71.3 Å². The van der Waals surface area contributed by atoms with Gasteiger partial charge in [-0.3, -0.25) is 4.79 Å². The van der Waals surface area contributed by atoms with Gasteiger partial charge < -0.3 is 14.8 Å². The van der Waals surface area contributed by atoms with Gasteiger partial charge in [0.05, 0.1) is 30.0 Å². The van der Waals surface area contributed by atoms with Crippen LogP contribution in [0.1, 0.15) is 38.7 Å². The van der Waals surface area contributed by atoms with Crippen molar-refractivity contribution in [3.05, 3.63) is 23.8 Å². The molecule has 0 atom stereocenters. The van der Waals surface area contributed by atoms with Gasteiger partial charge in [-0.25, -0.2) is 0 Å². The third-order valence-electron chi connectivity index (χ3n) is 3.56. The molecule has 5 heteroatoms. The Morgan fingerprint density at radius 2 is 2.23 bits per heavy atom. The molecule has 0 aromatic heterocycles. The van der Waals surface area contributed by atoms with E-state index in [4.69, 9.17) is 14.7 Å². The van der Waals surface area contributed by atoms with E-state index in [1.807, 2.05) is 13.8 Å². The van der Waals surface area contributed by atoms with E-state index in [0.29, 0.717) is 29.5 Å². The molecule has 0 saturated heterocycles. The molecule has 2 rings (SSSR count). The monoisotopic (exact) mass is 302 g/mol. The van der Waals surface area contributed by atoms with Crippen LogP contribution in [0.4, 0.5) is 5.69 Å². The third kappa shape index (κ3) is 4.74. The lowest BCUT2D eigenvalue weighted by atomic mass is 9.86. The first-order chi connectivity index (χ1) is 10.6. The quantitative estimate of drug-likeness (QED) is 0.840. The van der Waals surface area contributed by atoms with E-state index < -0.39 is 0 Å². The Morgan fingerprint density at radius 3 is 2.82 bits per heavy atom. The SMILES string of the molecule is CC(C)Oc1cc(C#N)ccc1NC(=O)COCC1CCC1. The van der Waals surface area contributed by atoms with Crippen LogP contribution in [-0.4, -0.2) is 25.2 Å². The maximum Gasteiger partial charge on any atom is 0.250 e. The minimum atomic E-state index is -0.211. The number of carbonyl (C=O) groups excluding carboxylic acids is 1.